The molecule has 70 valence electrons. The molecule has 1 heteroatoms. The third-order valence-electron chi connectivity index (χ3n) is 4.24. The molecule has 1 nitrogen and oxygen atoms in total. The predicted octanol–water partition coefficient (Wildman–Crippen LogP) is 2.42. The number of hydrogen-bond acceptors (Lipinski definition) is 1. The molecule has 1 aliphatic heterocycles. The smallest absolute Gasteiger partial charge is 0.00110 e. The van der Waals surface area contributed by atoms with Crippen LogP contribution in [0.15, 0.2) is 0 Å². The maximum absolute atomic E-state index is 3.55. The lowest BCUT2D eigenvalue weighted by Crippen LogP contribution is -2.33. The van der Waals surface area contributed by atoms with Crippen molar-refractivity contribution in [3.05, 3.63) is 0 Å². The van der Waals surface area contributed by atoms with E-state index in [-0.39, 0.29) is 0 Å². The van der Waals surface area contributed by atoms with Crippen molar-refractivity contribution < 1.29 is 0 Å². The molecular weight excluding hydrogens is 146 g/mol. The Morgan fingerprint density at radius 1 is 1.17 bits per heavy atom. The van der Waals surface area contributed by atoms with Gasteiger partial charge in [-0.3, -0.25) is 0 Å². The summed E-state index contributed by atoms with van der Waals surface area (Å²) in [6.45, 7) is 7.38. The maximum atomic E-state index is 3.55. The minimum absolute atomic E-state index is 0.701. The molecule has 1 saturated heterocycles. The Morgan fingerprint density at radius 3 is 2.33 bits per heavy atom. The Kier molecular flexibility index (Phi) is 2.16. The highest BCUT2D eigenvalue weighted by Crippen LogP contribution is 2.45. The SMILES string of the molecule is CC1CCC2(CC1)CNC[C@@H]2C. The van der Waals surface area contributed by atoms with Crippen molar-refractivity contribution in [2.75, 3.05) is 13.1 Å². The van der Waals surface area contributed by atoms with Crippen LogP contribution in [0.25, 0.3) is 0 Å². The molecule has 0 unspecified atom stereocenters. The number of nitrogens with one attached hydrogen (secondary N) is 1. The summed E-state index contributed by atoms with van der Waals surface area (Å²) in [5, 5.41) is 3.55. The zero-order valence-electron chi connectivity index (χ0n) is 8.40. The Bertz CT molecular complexity index is 156. The van der Waals surface area contributed by atoms with E-state index in [1.165, 1.54) is 38.8 Å². The average molecular weight is 167 g/mol. The fraction of sp³-hybridized carbons (Fsp3) is 1.00. The Balaban J connectivity index is 2.02. The first-order valence-corrected chi connectivity index (χ1v) is 5.44. The van der Waals surface area contributed by atoms with Crippen LogP contribution >= 0.6 is 0 Å². The zero-order valence-corrected chi connectivity index (χ0v) is 8.40. The molecule has 0 aromatic heterocycles. The summed E-state index contributed by atoms with van der Waals surface area (Å²) in [4.78, 5) is 0. The molecule has 12 heavy (non-hydrogen) atoms. The normalized spacial score (nSPS) is 48.5. The molecular formula is C11H21N. The molecule has 0 aromatic rings. The fourth-order valence-electron chi connectivity index (χ4n) is 2.93. The van der Waals surface area contributed by atoms with Crippen molar-refractivity contribution in [1.82, 2.24) is 5.32 Å². The highest BCUT2D eigenvalue weighted by Gasteiger charge is 2.41. The van der Waals surface area contributed by atoms with Crippen LogP contribution in [0.1, 0.15) is 39.5 Å². The molecule has 1 heterocycles. The molecule has 1 saturated carbocycles. The minimum atomic E-state index is 0.701. The molecule has 2 rings (SSSR count). The third kappa shape index (κ3) is 1.28. The summed E-state index contributed by atoms with van der Waals surface area (Å²) < 4.78 is 0. The summed E-state index contributed by atoms with van der Waals surface area (Å²) in [6, 6.07) is 0. The largest absolute Gasteiger partial charge is 0.316 e. The minimum Gasteiger partial charge on any atom is -0.316 e. The van der Waals surface area contributed by atoms with Gasteiger partial charge < -0.3 is 5.32 Å². The summed E-state index contributed by atoms with van der Waals surface area (Å²) in [7, 11) is 0. The lowest BCUT2D eigenvalue weighted by molar-refractivity contribution is 0.131. The van der Waals surface area contributed by atoms with Crippen LogP contribution in [0.4, 0.5) is 0 Å². The first-order valence-electron chi connectivity index (χ1n) is 5.44. The third-order valence-corrected chi connectivity index (χ3v) is 4.24. The van der Waals surface area contributed by atoms with Gasteiger partial charge in [-0.1, -0.05) is 26.7 Å². The van der Waals surface area contributed by atoms with Crippen LogP contribution in [0.2, 0.25) is 0 Å². The second kappa shape index (κ2) is 3.02. The molecule has 2 fully saturated rings. The van der Waals surface area contributed by atoms with E-state index in [1.807, 2.05) is 0 Å². The molecule has 1 atom stereocenters. The quantitative estimate of drug-likeness (QED) is 0.584. The molecule has 0 bridgehead atoms. The second-order valence-electron chi connectivity index (χ2n) is 5.08. The van der Waals surface area contributed by atoms with E-state index < -0.39 is 0 Å². The summed E-state index contributed by atoms with van der Waals surface area (Å²) in [6.07, 6.45) is 5.88. The van der Waals surface area contributed by atoms with Gasteiger partial charge in [-0.2, -0.15) is 0 Å². The van der Waals surface area contributed by atoms with Crippen molar-refractivity contribution in [3.8, 4) is 0 Å². The Morgan fingerprint density at radius 2 is 1.83 bits per heavy atom. The second-order valence-corrected chi connectivity index (χ2v) is 5.08. The van der Waals surface area contributed by atoms with Gasteiger partial charge in [0.15, 0.2) is 0 Å². The number of hydrogen-bond donors (Lipinski definition) is 1. The molecule has 0 aromatic carbocycles. The monoisotopic (exact) mass is 167 g/mol. The van der Waals surface area contributed by atoms with Crippen molar-refractivity contribution in [2.24, 2.45) is 17.3 Å². The van der Waals surface area contributed by atoms with E-state index in [0.717, 1.165) is 11.8 Å². The predicted molar refractivity (Wildman–Crippen MR) is 52.1 cm³/mol. The fourth-order valence-corrected chi connectivity index (χ4v) is 2.93. The average Bonchev–Trinajstić information content (AvgIpc) is 2.41. The summed E-state index contributed by atoms with van der Waals surface area (Å²) >= 11 is 0. The van der Waals surface area contributed by atoms with E-state index in [9.17, 15) is 0 Å². The lowest BCUT2D eigenvalue weighted by Gasteiger charge is -2.39. The van der Waals surface area contributed by atoms with Gasteiger partial charge in [-0.05, 0) is 36.6 Å². The van der Waals surface area contributed by atoms with Gasteiger partial charge in [0, 0.05) is 6.54 Å². The molecule has 1 N–H and O–H groups in total. The van der Waals surface area contributed by atoms with Crippen LogP contribution in [-0.2, 0) is 0 Å². The van der Waals surface area contributed by atoms with E-state index in [1.54, 1.807) is 0 Å². The van der Waals surface area contributed by atoms with Gasteiger partial charge >= 0.3 is 0 Å². The zero-order chi connectivity index (χ0) is 8.60. The van der Waals surface area contributed by atoms with Gasteiger partial charge in [0.2, 0.25) is 0 Å². The van der Waals surface area contributed by atoms with Crippen molar-refractivity contribution in [2.45, 2.75) is 39.5 Å². The molecule has 1 aliphatic carbocycles. The van der Waals surface area contributed by atoms with E-state index in [4.69, 9.17) is 0 Å². The van der Waals surface area contributed by atoms with Crippen LogP contribution in [0.3, 0.4) is 0 Å². The van der Waals surface area contributed by atoms with E-state index in [2.05, 4.69) is 19.2 Å². The van der Waals surface area contributed by atoms with Crippen molar-refractivity contribution in [3.63, 3.8) is 0 Å². The van der Waals surface area contributed by atoms with Gasteiger partial charge in [-0.15, -0.1) is 0 Å². The Labute approximate surface area is 75.9 Å². The highest BCUT2D eigenvalue weighted by molar-refractivity contribution is 4.95. The highest BCUT2D eigenvalue weighted by atomic mass is 14.9. The van der Waals surface area contributed by atoms with E-state index in [0.29, 0.717) is 5.41 Å². The van der Waals surface area contributed by atoms with Crippen LogP contribution in [0.5, 0.6) is 0 Å². The molecule has 0 amide bonds. The lowest BCUT2D eigenvalue weighted by atomic mass is 9.66. The van der Waals surface area contributed by atoms with Gasteiger partial charge in [0.1, 0.15) is 0 Å². The van der Waals surface area contributed by atoms with Gasteiger partial charge in [-0.25, -0.2) is 0 Å². The summed E-state index contributed by atoms with van der Waals surface area (Å²) in [5.74, 6) is 1.91. The molecule has 1 spiro atoms. The van der Waals surface area contributed by atoms with Crippen molar-refractivity contribution >= 4 is 0 Å². The first kappa shape index (κ1) is 8.55. The van der Waals surface area contributed by atoms with Crippen LogP contribution in [-0.4, -0.2) is 13.1 Å². The molecule has 0 radical (unpaired) electrons. The standard InChI is InChI=1S/C11H21N/c1-9-3-5-11(6-4-9)8-12-7-10(11)2/h9-10,12H,3-8H2,1-2H3/t9?,10-,11?/m0/s1. The topological polar surface area (TPSA) is 12.0 Å². The summed E-state index contributed by atoms with van der Waals surface area (Å²) in [5.41, 5.74) is 0.701. The van der Waals surface area contributed by atoms with Crippen LogP contribution in [0, 0.1) is 17.3 Å². The first-order chi connectivity index (χ1) is 5.73. The number of rotatable bonds is 0. The molecule has 2 aliphatic rings. The maximum Gasteiger partial charge on any atom is 0.00110 e. The van der Waals surface area contributed by atoms with Crippen LogP contribution < -0.4 is 5.32 Å². The van der Waals surface area contributed by atoms with Gasteiger partial charge in [0.25, 0.3) is 0 Å². The van der Waals surface area contributed by atoms with Crippen molar-refractivity contribution in [1.29, 1.82) is 0 Å². The van der Waals surface area contributed by atoms with E-state index >= 15 is 0 Å². The van der Waals surface area contributed by atoms with Gasteiger partial charge in [0.05, 0.1) is 0 Å². The Hall–Kier alpha value is -0.0400.